The van der Waals surface area contributed by atoms with Gasteiger partial charge in [0.05, 0.1) is 5.39 Å². The number of hydrogen-bond acceptors (Lipinski definition) is 5. The summed E-state index contributed by atoms with van der Waals surface area (Å²) in [5.41, 5.74) is 0. The van der Waals surface area contributed by atoms with Gasteiger partial charge in [-0.05, 0) is 44.3 Å². The molecule has 1 atom stereocenters. The van der Waals surface area contributed by atoms with E-state index in [1.54, 1.807) is 17.7 Å². The highest BCUT2D eigenvalue weighted by atomic mass is 32.1. The first-order valence-electron chi connectivity index (χ1n) is 7.05. The van der Waals surface area contributed by atoms with E-state index in [-0.39, 0.29) is 0 Å². The Kier molecular flexibility index (Phi) is 3.94. The van der Waals surface area contributed by atoms with Crippen molar-refractivity contribution in [1.29, 1.82) is 0 Å². The van der Waals surface area contributed by atoms with Crippen molar-refractivity contribution in [2.45, 2.75) is 26.2 Å². The van der Waals surface area contributed by atoms with E-state index >= 15 is 0 Å². The summed E-state index contributed by atoms with van der Waals surface area (Å²) in [4.78, 5) is 11.2. The average Bonchev–Trinajstić information content (AvgIpc) is 2.90. The fourth-order valence-electron chi connectivity index (χ4n) is 2.56. The highest BCUT2D eigenvalue weighted by Gasteiger charge is 2.14. The summed E-state index contributed by atoms with van der Waals surface area (Å²) in [6.07, 6.45) is 5.31. The molecule has 0 spiro atoms. The lowest BCUT2D eigenvalue weighted by molar-refractivity contribution is 0.392. The predicted molar refractivity (Wildman–Crippen MR) is 80.9 cm³/mol. The number of nitrogens with one attached hydrogen (secondary N) is 2. The molecule has 0 radical (unpaired) electrons. The smallest absolute Gasteiger partial charge is 0.138 e. The maximum absolute atomic E-state index is 4.40. The SMILES string of the molecule is CCc1cc2c(NCC3CCCNC3)ncnc2s1. The number of thiophene rings is 1. The van der Waals surface area contributed by atoms with Crippen molar-refractivity contribution in [3.63, 3.8) is 0 Å². The number of fused-ring (bicyclic) bond motifs is 1. The van der Waals surface area contributed by atoms with E-state index in [9.17, 15) is 0 Å². The van der Waals surface area contributed by atoms with E-state index in [2.05, 4.69) is 33.6 Å². The van der Waals surface area contributed by atoms with Gasteiger partial charge in [0.15, 0.2) is 0 Å². The van der Waals surface area contributed by atoms with Crippen molar-refractivity contribution in [3.8, 4) is 0 Å². The van der Waals surface area contributed by atoms with Gasteiger partial charge in [-0.3, -0.25) is 0 Å². The maximum Gasteiger partial charge on any atom is 0.138 e. The zero-order chi connectivity index (χ0) is 13.1. The molecule has 1 aliphatic heterocycles. The Balaban J connectivity index is 1.74. The Bertz CT molecular complexity index is 545. The van der Waals surface area contributed by atoms with Gasteiger partial charge in [0.25, 0.3) is 0 Å². The van der Waals surface area contributed by atoms with Crippen LogP contribution in [0, 0.1) is 5.92 Å². The van der Waals surface area contributed by atoms with Crippen LogP contribution in [-0.2, 0) is 6.42 Å². The number of hydrogen-bond donors (Lipinski definition) is 2. The van der Waals surface area contributed by atoms with Gasteiger partial charge in [-0.1, -0.05) is 6.92 Å². The Morgan fingerprint density at radius 2 is 2.42 bits per heavy atom. The molecule has 2 aromatic heterocycles. The minimum atomic E-state index is 0.711. The molecule has 5 heteroatoms. The van der Waals surface area contributed by atoms with Crippen LogP contribution < -0.4 is 10.6 Å². The van der Waals surface area contributed by atoms with Gasteiger partial charge >= 0.3 is 0 Å². The first-order valence-corrected chi connectivity index (χ1v) is 7.86. The van der Waals surface area contributed by atoms with Crippen LogP contribution in [0.3, 0.4) is 0 Å². The van der Waals surface area contributed by atoms with Crippen LogP contribution >= 0.6 is 11.3 Å². The molecular weight excluding hydrogens is 256 g/mol. The second kappa shape index (κ2) is 5.84. The predicted octanol–water partition coefficient (Wildman–Crippen LogP) is 2.67. The quantitative estimate of drug-likeness (QED) is 0.901. The van der Waals surface area contributed by atoms with Crippen molar-refractivity contribution in [2.75, 3.05) is 25.0 Å². The second-order valence-corrected chi connectivity index (χ2v) is 6.22. The first kappa shape index (κ1) is 12.8. The maximum atomic E-state index is 4.40. The average molecular weight is 276 g/mol. The summed E-state index contributed by atoms with van der Waals surface area (Å²) in [5.74, 6) is 1.70. The van der Waals surface area contributed by atoms with E-state index in [0.29, 0.717) is 5.92 Å². The number of nitrogens with zero attached hydrogens (tertiary/aromatic N) is 2. The molecule has 0 amide bonds. The van der Waals surface area contributed by atoms with Gasteiger partial charge in [-0.25, -0.2) is 9.97 Å². The lowest BCUT2D eigenvalue weighted by atomic mass is 10.00. The Labute approximate surface area is 117 Å². The number of rotatable bonds is 4. The van der Waals surface area contributed by atoms with Crippen molar-refractivity contribution >= 4 is 27.4 Å². The lowest BCUT2D eigenvalue weighted by Crippen LogP contribution is -2.33. The van der Waals surface area contributed by atoms with Crippen molar-refractivity contribution in [2.24, 2.45) is 5.92 Å². The largest absolute Gasteiger partial charge is 0.369 e. The van der Waals surface area contributed by atoms with Crippen LogP contribution in [0.15, 0.2) is 12.4 Å². The zero-order valence-corrected chi connectivity index (χ0v) is 12.1. The monoisotopic (exact) mass is 276 g/mol. The molecule has 0 aliphatic carbocycles. The van der Waals surface area contributed by atoms with Crippen LogP contribution in [0.2, 0.25) is 0 Å². The zero-order valence-electron chi connectivity index (χ0n) is 11.3. The normalized spacial score (nSPS) is 19.7. The lowest BCUT2D eigenvalue weighted by Gasteiger charge is -2.23. The Morgan fingerprint density at radius 1 is 1.47 bits per heavy atom. The summed E-state index contributed by atoms with van der Waals surface area (Å²) in [6.45, 7) is 5.46. The highest BCUT2D eigenvalue weighted by molar-refractivity contribution is 7.18. The van der Waals surface area contributed by atoms with E-state index in [1.165, 1.54) is 29.6 Å². The number of aryl methyl sites for hydroxylation is 1. The highest BCUT2D eigenvalue weighted by Crippen LogP contribution is 2.28. The summed E-state index contributed by atoms with van der Waals surface area (Å²) in [6, 6.07) is 2.22. The number of piperidine rings is 1. The molecule has 1 saturated heterocycles. The third-order valence-electron chi connectivity index (χ3n) is 3.69. The van der Waals surface area contributed by atoms with Gasteiger partial charge < -0.3 is 10.6 Å². The van der Waals surface area contributed by atoms with Crippen LogP contribution in [-0.4, -0.2) is 29.6 Å². The molecule has 2 N–H and O–H groups in total. The Morgan fingerprint density at radius 3 is 3.21 bits per heavy atom. The van der Waals surface area contributed by atoms with Gasteiger partial charge in [-0.2, -0.15) is 0 Å². The molecule has 2 aromatic rings. The standard InChI is InChI=1S/C14H20N4S/c1-2-11-6-12-13(17-9-18-14(12)19-11)16-8-10-4-3-5-15-7-10/h6,9-10,15H,2-5,7-8H2,1H3,(H,16,17,18). The molecule has 1 fully saturated rings. The van der Waals surface area contributed by atoms with Crippen molar-refractivity contribution < 1.29 is 0 Å². The fraction of sp³-hybridized carbons (Fsp3) is 0.571. The van der Waals surface area contributed by atoms with Crippen LogP contribution in [0.25, 0.3) is 10.2 Å². The van der Waals surface area contributed by atoms with Gasteiger partial charge in [0.2, 0.25) is 0 Å². The minimum absolute atomic E-state index is 0.711. The molecule has 0 saturated carbocycles. The molecule has 102 valence electrons. The minimum Gasteiger partial charge on any atom is -0.369 e. The Hall–Kier alpha value is -1.20. The third kappa shape index (κ3) is 2.87. The van der Waals surface area contributed by atoms with Gasteiger partial charge in [-0.15, -0.1) is 11.3 Å². The van der Waals surface area contributed by atoms with Crippen LogP contribution in [0.1, 0.15) is 24.6 Å². The van der Waals surface area contributed by atoms with Crippen LogP contribution in [0.5, 0.6) is 0 Å². The molecule has 19 heavy (non-hydrogen) atoms. The number of anilines is 1. The second-order valence-electron chi connectivity index (χ2n) is 5.10. The summed E-state index contributed by atoms with van der Waals surface area (Å²) in [5, 5.41) is 8.14. The third-order valence-corrected chi connectivity index (χ3v) is 4.87. The van der Waals surface area contributed by atoms with E-state index in [0.717, 1.165) is 30.2 Å². The molecule has 1 unspecified atom stereocenters. The van der Waals surface area contributed by atoms with E-state index < -0.39 is 0 Å². The van der Waals surface area contributed by atoms with Gasteiger partial charge in [0.1, 0.15) is 17.0 Å². The molecule has 0 bridgehead atoms. The summed E-state index contributed by atoms with van der Waals surface area (Å²) >= 11 is 1.77. The molecule has 3 rings (SSSR count). The summed E-state index contributed by atoms with van der Waals surface area (Å²) < 4.78 is 0. The van der Waals surface area contributed by atoms with E-state index in [4.69, 9.17) is 0 Å². The number of aromatic nitrogens is 2. The fourth-order valence-corrected chi connectivity index (χ4v) is 3.49. The molecule has 0 aromatic carbocycles. The van der Waals surface area contributed by atoms with Crippen molar-refractivity contribution in [3.05, 3.63) is 17.3 Å². The van der Waals surface area contributed by atoms with Crippen molar-refractivity contribution in [1.82, 2.24) is 15.3 Å². The summed E-state index contributed by atoms with van der Waals surface area (Å²) in [7, 11) is 0. The van der Waals surface area contributed by atoms with Gasteiger partial charge in [0, 0.05) is 11.4 Å². The molecule has 4 nitrogen and oxygen atoms in total. The first-order chi connectivity index (χ1) is 9.36. The van der Waals surface area contributed by atoms with Crippen LogP contribution in [0.4, 0.5) is 5.82 Å². The molecular formula is C14H20N4S. The molecule has 1 aliphatic rings. The molecule has 3 heterocycles. The topological polar surface area (TPSA) is 49.8 Å². The van der Waals surface area contributed by atoms with E-state index in [1.807, 2.05) is 0 Å².